The number of aromatic hydroxyl groups is 1. The summed E-state index contributed by atoms with van der Waals surface area (Å²) in [5.41, 5.74) is 3.52. The van der Waals surface area contributed by atoms with Crippen LogP contribution in [-0.4, -0.2) is 5.11 Å². The Morgan fingerprint density at radius 3 is 2.37 bits per heavy atom. The number of aryl methyl sites for hydroxylation is 1. The van der Waals surface area contributed by atoms with E-state index in [1.165, 1.54) is 5.56 Å². The van der Waals surface area contributed by atoms with Crippen molar-refractivity contribution in [3.63, 3.8) is 0 Å². The Hall–Kier alpha value is -1.00. The summed E-state index contributed by atoms with van der Waals surface area (Å²) in [5, 5.41) is 13.1. The highest BCUT2D eigenvalue weighted by Gasteiger charge is 2.05. The molecular weight excluding hydrogens is 370 g/mol. The van der Waals surface area contributed by atoms with Gasteiger partial charge in [0.25, 0.3) is 0 Å². The molecule has 2 aromatic carbocycles. The third-order valence-corrected chi connectivity index (χ3v) is 4.12. The van der Waals surface area contributed by atoms with Gasteiger partial charge < -0.3 is 10.4 Å². The Bertz CT molecular complexity index is 561. The molecule has 0 aromatic heterocycles. The molecule has 0 aliphatic heterocycles. The second-order valence-corrected chi connectivity index (χ2v) is 6.02. The van der Waals surface area contributed by atoms with Crippen LogP contribution in [0.25, 0.3) is 0 Å². The first-order chi connectivity index (χ1) is 9.10. The lowest BCUT2D eigenvalue weighted by Crippen LogP contribution is -2.00. The number of rotatable bonds is 4. The highest BCUT2D eigenvalue weighted by atomic mass is 79.9. The zero-order valence-electron chi connectivity index (χ0n) is 10.6. The van der Waals surface area contributed by atoms with Crippen LogP contribution in [0, 0.1) is 0 Å². The molecule has 19 heavy (non-hydrogen) atoms. The number of nitrogens with one attached hydrogen (secondary N) is 1. The highest BCUT2D eigenvalue weighted by Crippen LogP contribution is 2.33. The van der Waals surface area contributed by atoms with Crippen LogP contribution in [0.4, 0.5) is 5.69 Å². The third-order valence-electron chi connectivity index (χ3n) is 2.91. The van der Waals surface area contributed by atoms with Gasteiger partial charge in [0.05, 0.1) is 8.95 Å². The van der Waals surface area contributed by atoms with E-state index in [-0.39, 0.29) is 5.75 Å². The van der Waals surface area contributed by atoms with E-state index in [4.69, 9.17) is 0 Å². The molecule has 0 radical (unpaired) electrons. The molecule has 0 fully saturated rings. The largest absolute Gasteiger partial charge is 0.506 e. The van der Waals surface area contributed by atoms with Gasteiger partial charge in [-0.3, -0.25) is 0 Å². The van der Waals surface area contributed by atoms with Crippen molar-refractivity contribution in [2.45, 2.75) is 19.9 Å². The average Bonchev–Trinajstić information content (AvgIpc) is 2.42. The maximum atomic E-state index is 9.67. The number of anilines is 1. The fraction of sp³-hybridized carbons (Fsp3) is 0.200. The molecule has 0 aliphatic rings. The molecule has 0 bridgehead atoms. The van der Waals surface area contributed by atoms with Crippen LogP contribution in [0.3, 0.4) is 0 Å². The van der Waals surface area contributed by atoms with Crippen LogP contribution in [0.2, 0.25) is 0 Å². The van der Waals surface area contributed by atoms with Crippen molar-refractivity contribution in [3.05, 3.63) is 56.5 Å². The summed E-state index contributed by atoms with van der Waals surface area (Å²) >= 11 is 6.68. The Kier molecular flexibility index (Phi) is 4.88. The fourth-order valence-electron chi connectivity index (χ4n) is 1.83. The van der Waals surface area contributed by atoms with Crippen molar-refractivity contribution in [2.24, 2.45) is 0 Å². The minimum absolute atomic E-state index is 0.233. The lowest BCUT2D eigenvalue weighted by atomic mass is 10.1. The maximum Gasteiger partial charge on any atom is 0.143 e. The summed E-state index contributed by atoms with van der Waals surface area (Å²) in [6.07, 6.45) is 1.03. The first kappa shape index (κ1) is 14.4. The van der Waals surface area contributed by atoms with Crippen LogP contribution in [0.1, 0.15) is 18.1 Å². The van der Waals surface area contributed by atoms with Gasteiger partial charge in [0.2, 0.25) is 0 Å². The van der Waals surface area contributed by atoms with Gasteiger partial charge in [-0.2, -0.15) is 0 Å². The summed E-state index contributed by atoms with van der Waals surface area (Å²) in [6.45, 7) is 2.86. The van der Waals surface area contributed by atoms with Gasteiger partial charge in [0.1, 0.15) is 5.75 Å². The van der Waals surface area contributed by atoms with Crippen LogP contribution in [0.15, 0.2) is 45.3 Å². The van der Waals surface area contributed by atoms with Gasteiger partial charge in [-0.1, -0.05) is 19.1 Å². The topological polar surface area (TPSA) is 32.3 Å². The van der Waals surface area contributed by atoms with Gasteiger partial charge in [-0.15, -0.1) is 0 Å². The molecule has 100 valence electrons. The standard InChI is InChI=1S/C15H15Br2NO/c1-2-10-4-3-5-12(6-10)18-9-11-7-13(16)15(19)14(17)8-11/h3-8,18-19H,2,9H2,1H3. The van der Waals surface area contributed by atoms with E-state index in [0.29, 0.717) is 15.5 Å². The quantitative estimate of drug-likeness (QED) is 0.769. The SMILES string of the molecule is CCc1cccc(NCc2cc(Br)c(O)c(Br)c2)c1. The van der Waals surface area contributed by atoms with Gasteiger partial charge >= 0.3 is 0 Å². The van der Waals surface area contributed by atoms with Gasteiger partial charge in [0.15, 0.2) is 0 Å². The van der Waals surface area contributed by atoms with E-state index in [9.17, 15) is 5.11 Å². The number of phenolic OH excluding ortho intramolecular Hbond substituents is 1. The highest BCUT2D eigenvalue weighted by molar-refractivity contribution is 9.11. The summed E-state index contributed by atoms with van der Waals surface area (Å²) in [5.74, 6) is 0.233. The van der Waals surface area contributed by atoms with E-state index in [2.05, 4.69) is 68.4 Å². The summed E-state index contributed by atoms with van der Waals surface area (Å²) < 4.78 is 1.39. The molecule has 4 heteroatoms. The first-order valence-corrected chi connectivity index (χ1v) is 7.68. The van der Waals surface area contributed by atoms with Crippen LogP contribution in [0.5, 0.6) is 5.75 Å². The van der Waals surface area contributed by atoms with Crippen LogP contribution >= 0.6 is 31.9 Å². The van der Waals surface area contributed by atoms with E-state index in [1.54, 1.807) is 0 Å². The monoisotopic (exact) mass is 383 g/mol. The Morgan fingerprint density at radius 2 is 1.74 bits per heavy atom. The Balaban J connectivity index is 2.10. The molecule has 0 saturated carbocycles. The molecule has 0 heterocycles. The van der Waals surface area contributed by atoms with Crippen LogP contribution in [-0.2, 0) is 13.0 Å². The van der Waals surface area contributed by atoms with Crippen molar-refractivity contribution in [1.29, 1.82) is 0 Å². The maximum absolute atomic E-state index is 9.67. The molecule has 2 N–H and O–H groups in total. The molecule has 0 aliphatic carbocycles. The second-order valence-electron chi connectivity index (χ2n) is 4.32. The number of hydrogen-bond donors (Lipinski definition) is 2. The fourth-order valence-corrected chi connectivity index (χ4v) is 3.11. The number of benzene rings is 2. The lowest BCUT2D eigenvalue weighted by Gasteiger charge is -2.10. The van der Waals surface area contributed by atoms with Gasteiger partial charge in [-0.25, -0.2) is 0 Å². The summed E-state index contributed by atoms with van der Waals surface area (Å²) in [4.78, 5) is 0. The number of phenols is 1. The van der Waals surface area contributed by atoms with Crippen molar-refractivity contribution >= 4 is 37.5 Å². The lowest BCUT2D eigenvalue weighted by molar-refractivity contribution is 0.468. The van der Waals surface area contributed by atoms with E-state index in [0.717, 1.165) is 17.7 Å². The molecular formula is C15H15Br2NO. The number of halogens is 2. The number of hydrogen-bond acceptors (Lipinski definition) is 2. The molecule has 2 rings (SSSR count). The molecule has 0 amide bonds. The van der Waals surface area contributed by atoms with Crippen molar-refractivity contribution in [2.75, 3.05) is 5.32 Å². The van der Waals surface area contributed by atoms with Gasteiger partial charge in [-0.05, 0) is 73.7 Å². The Morgan fingerprint density at radius 1 is 1.05 bits per heavy atom. The van der Waals surface area contributed by atoms with E-state index in [1.807, 2.05) is 12.1 Å². The summed E-state index contributed by atoms with van der Waals surface area (Å²) in [7, 11) is 0. The summed E-state index contributed by atoms with van der Waals surface area (Å²) in [6, 6.07) is 12.2. The molecule has 0 spiro atoms. The van der Waals surface area contributed by atoms with E-state index >= 15 is 0 Å². The molecule has 0 atom stereocenters. The molecule has 0 unspecified atom stereocenters. The minimum Gasteiger partial charge on any atom is -0.506 e. The molecule has 2 aromatic rings. The zero-order valence-corrected chi connectivity index (χ0v) is 13.8. The minimum atomic E-state index is 0.233. The first-order valence-electron chi connectivity index (χ1n) is 6.10. The van der Waals surface area contributed by atoms with Crippen molar-refractivity contribution in [3.8, 4) is 5.75 Å². The van der Waals surface area contributed by atoms with Crippen molar-refractivity contribution in [1.82, 2.24) is 0 Å². The van der Waals surface area contributed by atoms with Gasteiger partial charge in [0, 0.05) is 12.2 Å². The predicted molar refractivity (Wildman–Crippen MR) is 86.7 cm³/mol. The molecule has 2 nitrogen and oxygen atoms in total. The third kappa shape index (κ3) is 3.74. The van der Waals surface area contributed by atoms with Crippen LogP contribution < -0.4 is 5.32 Å². The normalized spacial score (nSPS) is 10.5. The average molecular weight is 385 g/mol. The van der Waals surface area contributed by atoms with Crippen molar-refractivity contribution < 1.29 is 5.11 Å². The predicted octanol–water partition coefficient (Wildman–Crippen LogP) is 5.09. The van der Waals surface area contributed by atoms with E-state index < -0.39 is 0 Å². The Labute approximate surface area is 130 Å². The second kappa shape index (κ2) is 6.44. The smallest absolute Gasteiger partial charge is 0.143 e. The molecule has 0 saturated heterocycles. The zero-order chi connectivity index (χ0) is 13.8.